The van der Waals surface area contributed by atoms with E-state index in [1.807, 2.05) is 0 Å². The third-order valence-corrected chi connectivity index (χ3v) is 6.94. The molecule has 0 aliphatic carbocycles. The summed E-state index contributed by atoms with van der Waals surface area (Å²) in [4.78, 5) is 0. The number of halogens is 1. The first-order chi connectivity index (χ1) is 14.2. The molecule has 0 aromatic heterocycles. The van der Waals surface area contributed by atoms with E-state index < -0.39 is 0 Å². The van der Waals surface area contributed by atoms with Crippen LogP contribution in [0.3, 0.4) is 0 Å². The van der Waals surface area contributed by atoms with E-state index in [0.717, 1.165) is 0 Å². The number of hydrogen-bond acceptors (Lipinski definition) is 0. The number of rotatable bonds is 24. The molecule has 0 bridgehead atoms. The van der Waals surface area contributed by atoms with E-state index in [1.165, 1.54) is 159 Å². The second kappa shape index (κ2) is 25.7. The van der Waals surface area contributed by atoms with Gasteiger partial charge in [0.05, 0.1) is 26.2 Å². The van der Waals surface area contributed by atoms with Crippen molar-refractivity contribution in [2.24, 2.45) is 0 Å². The monoisotopic (exact) mass is 489 g/mol. The standard InChI is InChI=1S/C28H60N.BrH/c1-5-9-13-17-19-23-27-29(25-21-15-11-7-3,26-22-16-12-8-4)28-24-20-18-14-10-6-2;/h5-28H2,1-4H3;1H/q+1;/p-1. The number of unbranched alkanes of at least 4 members (excludes halogenated alkanes) is 16. The van der Waals surface area contributed by atoms with Crippen LogP contribution in [0.5, 0.6) is 0 Å². The molecule has 2 heteroatoms. The van der Waals surface area contributed by atoms with Crippen LogP contribution in [-0.4, -0.2) is 30.7 Å². The van der Waals surface area contributed by atoms with Gasteiger partial charge >= 0.3 is 0 Å². The lowest BCUT2D eigenvalue weighted by Gasteiger charge is -2.39. The van der Waals surface area contributed by atoms with E-state index in [-0.39, 0.29) is 17.0 Å². The minimum absolute atomic E-state index is 0. The molecule has 0 aromatic rings. The van der Waals surface area contributed by atoms with Gasteiger partial charge in [0.15, 0.2) is 0 Å². The minimum atomic E-state index is 0. The Hall–Kier alpha value is 0.440. The molecule has 0 saturated carbocycles. The first-order valence-corrected chi connectivity index (χ1v) is 14.1. The van der Waals surface area contributed by atoms with Crippen LogP contribution in [0.1, 0.15) is 156 Å². The Morgan fingerprint density at radius 3 is 0.767 bits per heavy atom. The zero-order chi connectivity index (χ0) is 21.5. The third kappa shape index (κ3) is 20.3. The SMILES string of the molecule is CCCCCCCC[N+](CCCCCC)(CCCCCC)CCCCCCCC.[Br-]. The molecule has 0 aliphatic heterocycles. The Balaban J connectivity index is 0. The van der Waals surface area contributed by atoms with Gasteiger partial charge in [-0.15, -0.1) is 0 Å². The molecule has 0 radical (unpaired) electrons. The highest BCUT2D eigenvalue weighted by molar-refractivity contribution is 4.54. The number of quaternary nitrogens is 1. The molecule has 0 amide bonds. The molecule has 0 unspecified atom stereocenters. The highest BCUT2D eigenvalue weighted by atomic mass is 79.9. The summed E-state index contributed by atoms with van der Waals surface area (Å²) in [6.07, 6.45) is 28.8. The molecule has 0 rings (SSSR count). The van der Waals surface area contributed by atoms with Gasteiger partial charge in [0, 0.05) is 0 Å². The first-order valence-electron chi connectivity index (χ1n) is 14.1. The Morgan fingerprint density at radius 1 is 0.300 bits per heavy atom. The van der Waals surface area contributed by atoms with Crippen molar-refractivity contribution in [2.75, 3.05) is 26.2 Å². The van der Waals surface area contributed by atoms with E-state index >= 15 is 0 Å². The molecule has 0 heterocycles. The molecule has 0 aliphatic rings. The summed E-state index contributed by atoms with van der Waals surface area (Å²) in [7, 11) is 0. The van der Waals surface area contributed by atoms with E-state index in [1.54, 1.807) is 0 Å². The fourth-order valence-electron chi connectivity index (χ4n) is 4.87. The van der Waals surface area contributed by atoms with Crippen molar-refractivity contribution < 1.29 is 21.5 Å². The topological polar surface area (TPSA) is 0 Å². The van der Waals surface area contributed by atoms with Crippen molar-refractivity contribution in [3.05, 3.63) is 0 Å². The lowest BCUT2D eigenvalue weighted by Crippen LogP contribution is -3.00. The van der Waals surface area contributed by atoms with Gasteiger partial charge in [-0.2, -0.15) is 0 Å². The highest BCUT2D eigenvalue weighted by Gasteiger charge is 2.25. The van der Waals surface area contributed by atoms with Crippen LogP contribution in [0.4, 0.5) is 0 Å². The summed E-state index contributed by atoms with van der Waals surface area (Å²) in [5, 5.41) is 0. The molecule has 0 aromatic carbocycles. The third-order valence-electron chi connectivity index (χ3n) is 6.94. The smallest absolute Gasteiger partial charge is 0.0786 e. The predicted octanol–water partition coefficient (Wildman–Crippen LogP) is 6.69. The van der Waals surface area contributed by atoms with Crippen molar-refractivity contribution in [3.8, 4) is 0 Å². The summed E-state index contributed by atoms with van der Waals surface area (Å²) < 4.78 is 1.47. The van der Waals surface area contributed by atoms with Crippen LogP contribution in [-0.2, 0) is 0 Å². The second-order valence-electron chi connectivity index (χ2n) is 9.89. The molecular weight excluding hydrogens is 430 g/mol. The Morgan fingerprint density at radius 2 is 0.500 bits per heavy atom. The molecule has 30 heavy (non-hydrogen) atoms. The highest BCUT2D eigenvalue weighted by Crippen LogP contribution is 2.20. The first kappa shape index (κ1) is 32.6. The molecule has 0 N–H and O–H groups in total. The fraction of sp³-hybridized carbons (Fsp3) is 1.00. The maximum absolute atomic E-state index is 2.35. The van der Waals surface area contributed by atoms with Gasteiger partial charge in [-0.25, -0.2) is 0 Å². The summed E-state index contributed by atoms with van der Waals surface area (Å²) >= 11 is 0. The van der Waals surface area contributed by atoms with E-state index in [2.05, 4.69) is 27.7 Å². The molecule has 0 atom stereocenters. The van der Waals surface area contributed by atoms with Crippen LogP contribution >= 0.6 is 0 Å². The fourth-order valence-corrected chi connectivity index (χ4v) is 4.87. The normalized spacial score (nSPS) is 11.6. The zero-order valence-corrected chi connectivity index (χ0v) is 23.4. The Bertz CT molecular complexity index is 275. The maximum atomic E-state index is 2.35. The minimum Gasteiger partial charge on any atom is -1.00 e. The van der Waals surface area contributed by atoms with Gasteiger partial charge < -0.3 is 21.5 Å². The Kier molecular flexibility index (Phi) is 27.9. The number of nitrogens with zero attached hydrogens (tertiary/aromatic N) is 1. The van der Waals surface area contributed by atoms with Crippen molar-refractivity contribution in [2.45, 2.75) is 156 Å². The van der Waals surface area contributed by atoms with Crippen LogP contribution in [0.2, 0.25) is 0 Å². The molecule has 0 spiro atoms. The van der Waals surface area contributed by atoms with Gasteiger partial charge in [-0.1, -0.05) is 105 Å². The van der Waals surface area contributed by atoms with Gasteiger partial charge in [0.1, 0.15) is 0 Å². The zero-order valence-electron chi connectivity index (χ0n) is 21.8. The summed E-state index contributed by atoms with van der Waals surface area (Å²) in [6, 6.07) is 0. The van der Waals surface area contributed by atoms with E-state index in [4.69, 9.17) is 0 Å². The van der Waals surface area contributed by atoms with Gasteiger partial charge in [0.25, 0.3) is 0 Å². The van der Waals surface area contributed by atoms with Gasteiger partial charge in [0.2, 0.25) is 0 Å². The van der Waals surface area contributed by atoms with E-state index in [0.29, 0.717) is 0 Å². The summed E-state index contributed by atoms with van der Waals surface area (Å²) in [6.45, 7) is 15.2. The number of hydrogen-bond donors (Lipinski definition) is 0. The lowest BCUT2D eigenvalue weighted by molar-refractivity contribution is -0.929. The molecule has 184 valence electrons. The average Bonchev–Trinajstić information content (AvgIpc) is 2.73. The molecular formula is C28H60BrN. The second-order valence-corrected chi connectivity index (χ2v) is 9.89. The predicted molar refractivity (Wildman–Crippen MR) is 135 cm³/mol. The van der Waals surface area contributed by atoms with Crippen molar-refractivity contribution >= 4 is 0 Å². The molecule has 0 saturated heterocycles. The summed E-state index contributed by atoms with van der Waals surface area (Å²) in [5.74, 6) is 0. The van der Waals surface area contributed by atoms with Crippen LogP contribution in [0.25, 0.3) is 0 Å². The van der Waals surface area contributed by atoms with Crippen LogP contribution in [0, 0.1) is 0 Å². The van der Waals surface area contributed by atoms with Crippen molar-refractivity contribution in [1.82, 2.24) is 0 Å². The van der Waals surface area contributed by atoms with Gasteiger partial charge in [-0.05, 0) is 51.4 Å². The van der Waals surface area contributed by atoms with Crippen molar-refractivity contribution in [1.29, 1.82) is 0 Å². The largest absolute Gasteiger partial charge is 1.00 e. The maximum Gasteiger partial charge on any atom is 0.0786 e. The lowest BCUT2D eigenvalue weighted by atomic mass is 10.1. The molecule has 1 nitrogen and oxygen atoms in total. The van der Waals surface area contributed by atoms with E-state index in [9.17, 15) is 0 Å². The van der Waals surface area contributed by atoms with Crippen LogP contribution < -0.4 is 17.0 Å². The summed E-state index contributed by atoms with van der Waals surface area (Å²) in [5.41, 5.74) is 0. The van der Waals surface area contributed by atoms with Gasteiger partial charge in [-0.3, -0.25) is 0 Å². The van der Waals surface area contributed by atoms with Crippen molar-refractivity contribution in [3.63, 3.8) is 0 Å². The van der Waals surface area contributed by atoms with Crippen LogP contribution in [0.15, 0.2) is 0 Å². The molecule has 0 fully saturated rings. The quantitative estimate of drug-likeness (QED) is 0.104. The average molecular weight is 491 g/mol. The Labute approximate surface area is 203 Å².